The van der Waals surface area contributed by atoms with Gasteiger partial charge in [0.15, 0.2) is 4.90 Å². The first-order valence-electron chi connectivity index (χ1n) is 5.17. The Morgan fingerprint density at radius 3 is 2.06 bits per heavy atom. The second-order valence-electron chi connectivity index (χ2n) is 3.45. The van der Waals surface area contributed by atoms with E-state index in [0.717, 1.165) is 4.31 Å². The molecule has 0 amide bonds. The third-order valence-corrected chi connectivity index (χ3v) is 4.58. The van der Waals surface area contributed by atoms with Crippen molar-refractivity contribution in [1.82, 2.24) is 14.3 Å². The van der Waals surface area contributed by atoms with Gasteiger partial charge in [0.25, 0.3) is 5.56 Å². The molecule has 0 aromatic carbocycles. The summed E-state index contributed by atoms with van der Waals surface area (Å²) >= 11 is 0. The smallest absolute Gasteiger partial charge is 0.310 e. The van der Waals surface area contributed by atoms with Crippen molar-refractivity contribution in [2.24, 2.45) is 0 Å². The summed E-state index contributed by atoms with van der Waals surface area (Å²) in [5.74, 6) is 0. The molecule has 0 aliphatic carbocycles. The van der Waals surface area contributed by atoms with Crippen LogP contribution in [-0.2, 0) is 10.0 Å². The molecule has 1 rings (SSSR count). The molecule has 1 aromatic rings. The third kappa shape index (κ3) is 2.47. The summed E-state index contributed by atoms with van der Waals surface area (Å²) in [6, 6.07) is 0. The molecular formula is C9H15N3O4S. The number of nitrogens with zero attached hydrogens (tertiary/aromatic N) is 1. The predicted octanol–water partition coefficient (Wildman–Crippen LogP) is -0.598. The van der Waals surface area contributed by atoms with Crippen LogP contribution in [0.25, 0.3) is 0 Å². The largest absolute Gasteiger partial charge is 0.325 e. The topological polar surface area (TPSA) is 103 Å². The number of hydrogen-bond donors (Lipinski definition) is 2. The zero-order valence-corrected chi connectivity index (χ0v) is 10.7. The number of aryl methyl sites for hydroxylation is 1. The van der Waals surface area contributed by atoms with Crippen LogP contribution in [0.15, 0.2) is 14.5 Å². The minimum atomic E-state index is -3.86. The molecule has 0 saturated heterocycles. The summed E-state index contributed by atoms with van der Waals surface area (Å²) in [5.41, 5.74) is -1.56. The van der Waals surface area contributed by atoms with E-state index in [0.29, 0.717) is 0 Å². The Kier molecular flexibility index (Phi) is 3.89. The van der Waals surface area contributed by atoms with Crippen LogP contribution in [0.5, 0.6) is 0 Å². The van der Waals surface area contributed by atoms with Gasteiger partial charge in [0.1, 0.15) is 0 Å². The molecule has 17 heavy (non-hydrogen) atoms. The molecule has 0 fully saturated rings. The highest BCUT2D eigenvalue weighted by atomic mass is 32.2. The van der Waals surface area contributed by atoms with E-state index in [4.69, 9.17) is 0 Å². The average molecular weight is 261 g/mol. The van der Waals surface area contributed by atoms with Crippen molar-refractivity contribution < 1.29 is 8.42 Å². The van der Waals surface area contributed by atoms with Gasteiger partial charge in [-0.1, -0.05) is 13.8 Å². The van der Waals surface area contributed by atoms with Gasteiger partial charge in [0.2, 0.25) is 10.0 Å². The van der Waals surface area contributed by atoms with Crippen molar-refractivity contribution in [3.63, 3.8) is 0 Å². The molecule has 1 heterocycles. The van der Waals surface area contributed by atoms with E-state index in [2.05, 4.69) is 4.98 Å². The van der Waals surface area contributed by atoms with E-state index in [-0.39, 0.29) is 18.8 Å². The highest BCUT2D eigenvalue weighted by Crippen LogP contribution is 2.12. The molecular weight excluding hydrogens is 246 g/mol. The molecule has 7 nitrogen and oxygen atoms in total. The van der Waals surface area contributed by atoms with Crippen LogP contribution in [0, 0.1) is 6.92 Å². The van der Waals surface area contributed by atoms with Crippen molar-refractivity contribution in [3.05, 3.63) is 26.5 Å². The lowest BCUT2D eigenvalue weighted by atomic mass is 10.4. The minimum absolute atomic E-state index is 0.0469. The van der Waals surface area contributed by atoms with Crippen LogP contribution in [0.3, 0.4) is 0 Å². The number of sulfonamides is 1. The third-order valence-electron chi connectivity index (χ3n) is 2.38. The highest BCUT2D eigenvalue weighted by molar-refractivity contribution is 7.89. The molecule has 0 radical (unpaired) electrons. The molecule has 0 spiro atoms. The Bertz CT molecular complexity index is 610. The lowest BCUT2D eigenvalue weighted by molar-refractivity contribution is 0.443. The van der Waals surface area contributed by atoms with Crippen LogP contribution >= 0.6 is 0 Å². The summed E-state index contributed by atoms with van der Waals surface area (Å²) in [6.07, 6.45) is 0. The van der Waals surface area contributed by atoms with Crippen LogP contribution < -0.4 is 11.2 Å². The number of hydrogen-bond acceptors (Lipinski definition) is 4. The number of H-pyrrole nitrogens is 2. The number of nitrogens with one attached hydrogen (secondary N) is 2. The second-order valence-corrected chi connectivity index (χ2v) is 5.33. The molecule has 8 heteroatoms. The summed E-state index contributed by atoms with van der Waals surface area (Å²) in [4.78, 5) is 26.3. The van der Waals surface area contributed by atoms with Gasteiger partial charge in [-0.15, -0.1) is 0 Å². The van der Waals surface area contributed by atoms with E-state index in [1.807, 2.05) is 4.98 Å². The molecule has 0 aliphatic rings. The summed E-state index contributed by atoms with van der Waals surface area (Å²) < 4.78 is 25.4. The van der Waals surface area contributed by atoms with Gasteiger partial charge in [-0.3, -0.25) is 9.78 Å². The average Bonchev–Trinajstić information content (AvgIpc) is 2.16. The van der Waals surface area contributed by atoms with E-state index in [1.165, 1.54) is 6.92 Å². The predicted molar refractivity (Wildman–Crippen MR) is 62.5 cm³/mol. The van der Waals surface area contributed by atoms with Crippen LogP contribution in [0.4, 0.5) is 0 Å². The van der Waals surface area contributed by atoms with Crippen molar-refractivity contribution >= 4 is 10.0 Å². The fourth-order valence-electron chi connectivity index (χ4n) is 1.59. The second kappa shape index (κ2) is 4.84. The lowest BCUT2D eigenvalue weighted by Crippen LogP contribution is -2.37. The van der Waals surface area contributed by atoms with Crippen molar-refractivity contribution in [1.29, 1.82) is 0 Å². The Labute approximate surface area is 98.5 Å². The van der Waals surface area contributed by atoms with Gasteiger partial charge in [-0.25, -0.2) is 13.2 Å². The first-order valence-corrected chi connectivity index (χ1v) is 6.62. The van der Waals surface area contributed by atoms with Gasteiger partial charge < -0.3 is 4.98 Å². The molecule has 1 aromatic heterocycles. The fraction of sp³-hybridized carbons (Fsp3) is 0.556. The number of aromatic amines is 2. The van der Waals surface area contributed by atoms with Gasteiger partial charge in [0, 0.05) is 18.8 Å². The van der Waals surface area contributed by atoms with E-state index < -0.39 is 26.2 Å². The van der Waals surface area contributed by atoms with Crippen molar-refractivity contribution in [3.8, 4) is 0 Å². The Morgan fingerprint density at radius 1 is 1.12 bits per heavy atom. The van der Waals surface area contributed by atoms with Crippen molar-refractivity contribution in [2.45, 2.75) is 25.7 Å². The first-order chi connectivity index (χ1) is 7.84. The zero-order valence-electron chi connectivity index (χ0n) is 9.90. The van der Waals surface area contributed by atoms with Crippen LogP contribution in [-0.4, -0.2) is 35.8 Å². The van der Waals surface area contributed by atoms with Crippen LogP contribution in [0.2, 0.25) is 0 Å². The molecule has 0 aliphatic heterocycles. The fourth-order valence-corrected chi connectivity index (χ4v) is 3.25. The highest BCUT2D eigenvalue weighted by Gasteiger charge is 2.27. The standard InChI is InChI=1S/C9H15N3O4S/c1-4-12(5-2)17(15,16)7-6(3)10-9(14)11-8(7)13/h4-5H2,1-3H3,(H2,10,11,13,14). The van der Waals surface area contributed by atoms with Gasteiger partial charge in [0.05, 0.1) is 0 Å². The lowest BCUT2D eigenvalue weighted by Gasteiger charge is -2.18. The molecule has 0 atom stereocenters. The van der Waals surface area contributed by atoms with Crippen molar-refractivity contribution in [2.75, 3.05) is 13.1 Å². The van der Waals surface area contributed by atoms with E-state index in [9.17, 15) is 18.0 Å². The Balaban J connectivity index is 3.55. The number of aromatic nitrogens is 2. The SMILES string of the molecule is CCN(CC)S(=O)(=O)c1c(C)[nH]c(=O)[nH]c1=O. The van der Waals surface area contributed by atoms with E-state index in [1.54, 1.807) is 13.8 Å². The maximum absolute atomic E-state index is 12.1. The monoisotopic (exact) mass is 261 g/mol. The maximum atomic E-state index is 12.1. The number of rotatable bonds is 4. The zero-order chi connectivity index (χ0) is 13.2. The first kappa shape index (κ1) is 13.7. The summed E-state index contributed by atoms with van der Waals surface area (Å²) in [5, 5.41) is 0. The molecule has 2 N–H and O–H groups in total. The minimum Gasteiger partial charge on any atom is -0.310 e. The molecule has 0 bridgehead atoms. The Hall–Kier alpha value is -1.41. The van der Waals surface area contributed by atoms with Gasteiger partial charge in [-0.2, -0.15) is 4.31 Å². The molecule has 96 valence electrons. The summed E-state index contributed by atoms with van der Waals surface area (Å²) in [7, 11) is -3.86. The van der Waals surface area contributed by atoms with Gasteiger partial charge in [-0.05, 0) is 6.92 Å². The van der Waals surface area contributed by atoms with Gasteiger partial charge >= 0.3 is 5.69 Å². The molecule has 0 unspecified atom stereocenters. The molecule has 0 saturated carbocycles. The Morgan fingerprint density at radius 2 is 1.65 bits per heavy atom. The summed E-state index contributed by atoms with van der Waals surface area (Å²) in [6.45, 7) is 5.26. The maximum Gasteiger partial charge on any atom is 0.325 e. The van der Waals surface area contributed by atoms with Crippen LogP contribution in [0.1, 0.15) is 19.5 Å². The quantitative estimate of drug-likeness (QED) is 0.755. The normalized spacial score (nSPS) is 12.0. The van der Waals surface area contributed by atoms with E-state index >= 15 is 0 Å².